The first-order valence-corrected chi connectivity index (χ1v) is 6.74. The molecule has 0 unspecified atom stereocenters. The van der Waals surface area contributed by atoms with Gasteiger partial charge in [0.1, 0.15) is 5.03 Å². The van der Waals surface area contributed by atoms with Gasteiger partial charge in [0, 0.05) is 16.7 Å². The van der Waals surface area contributed by atoms with Crippen molar-refractivity contribution < 1.29 is 4.79 Å². The summed E-state index contributed by atoms with van der Waals surface area (Å²) < 4.78 is 0. The Morgan fingerprint density at radius 2 is 2.00 bits per heavy atom. The van der Waals surface area contributed by atoms with Crippen molar-refractivity contribution >= 4 is 40.7 Å². The minimum absolute atomic E-state index is 0.0487. The Labute approximate surface area is 119 Å². The number of halogens is 2. The van der Waals surface area contributed by atoms with Gasteiger partial charge in [-0.1, -0.05) is 35.0 Å². The van der Waals surface area contributed by atoms with E-state index in [1.807, 2.05) is 6.07 Å². The van der Waals surface area contributed by atoms with Gasteiger partial charge < -0.3 is 0 Å². The van der Waals surface area contributed by atoms with E-state index < -0.39 is 0 Å². The predicted octanol–water partition coefficient (Wildman–Crippen LogP) is 4.74. The molecule has 1 aromatic heterocycles. The molecule has 5 heteroatoms. The summed E-state index contributed by atoms with van der Waals surface area (Å²) in [6, 6.07) is 8.84. The lowest BCUT2D eigenvalue weighted by Crippen LogP contribution is -1.93. The van der Waals surface area contributed by atoms with Crippen LogP contribution in [0.4, 0.5) is 0 Å². The van der Waals surface area contributed by atoms with Gasteiger partial charge in [-0.15, -0.1) is 0 Å². The van der Waals surface area contributed by atoms with Gasteiger partial charge in [-0.05, 0) is 37.3 Å². The highest BCUT2D eigenvalue weighted by Gasteiger charge is 2.08. The molecule has 2 rings (SSSR count). The number of rotatable bonds is 3. The predicted molar refractivity (Wildman–Crippen MR) is 74.8 cm³/mol. The summed E-state index contributed by atoms with van der Waals surface area (Å²) in [5.74, 6) is -0.0487. The van der Waals surface area contributed by atoms with E-state index in [-0.39, 0.29) is 5.78 Å². The van der Waals surface area contributed by atoms with Crippen LogP contribution in [0.5, 0.6) is 0 Å². The van der Waals surface area contributed by atoms with E-state index in [1.54, 1.807) is 30.5 Å². The third-order valence-corrected chi connectivity index (χ3v) is 4.00. The molecule has 0 N–H and O–H groups in total. The first-order chi connectivity index (χ1) is 8.58. The van der Waals surface area contributed by atoms with Crippen LogP contribution in [0.25, 0.3) is 0 Å². The maximum atomic E-state index is 11.3. The van der Waals surface area contributed by atoms with Crippen LogP contribution < -0.4 is 0 Å². The third kappa shape index (κ3) is 3.05. The van der Waals surface area contributed by atoms with E-state index in [0.29, 0.717) is 20.6 Å². The summed E-state index contributed by atoms with van der Waals surface area (Å²) in [5.41, 5.74) is 0.521. The second kappa shape index (κ2) is 5.74. The SMILES string of the molecule is CC(=O)c1ccc(Sc2ncccc2Cl)cc1Cl. The minimum atomic E-state index is -0.0487. The standard InChI is InChI=1S/C13H9Cl2NOS/c1-8(17)10-5-4-9(7-12(10)15)18-13-11(14)3-2-6-16-13/h2-7H,1H3. The Kier molecular flexibility index (Phi) is 4.27. The lowest BCUT2D eigenvalue weighted by molar-refractivity contribution is 0.101. The first-order valence-electron chi connectivity index (χ1n) is 5.17. The molecule has 0 saturated carbocycles. The van der Waals surface area contributed by atoms with Crippen LogP contribution in [0.15, 0.2) is 46.5 Å². The van der Waals surface area contributed by atoms with Gasteiger partial charge >= 0.3 is 0 Å². The molecule has 0 amide bonds. The van der Waals surface area contributed by atoms with Crippen LogP contribution in [0.3, 0.4) is 0 Å². The third-order valence-electron chi connectivity index (χ3n) is 2.26. The van der Waals surface area contributed by atoms with Gasteiger partial charge in [0.25, 0.3) is 0 Å². The van der Waals surface area contributed by atoms with E-state index in [0.717, 1.165) is 4.90 Å². The topological polar surface area (TPSA) is 30.0 Å². The van der Waals surface area contributed by atoms with E-state index >= 15 is 0 Å². The van der Waals surface area contributed by atoms with Crippen LogP contribution >= 0.6 is 35.0 Å². The molecule has 2 nitrogen and oxygen atoms in total. The van der Waals surface area contributed by atoms with Crippen molar-refractivity contribution in [2.75, 3.05) is 0 Å². The second-order valence-electron chi connectivity index (χ2n) is 3.59. The van der Waals surface area contributed by atoms with Gasteiger partial charge in [-0.25, -0.2) is 4.98 Å². The van der Waals surface area contributed by atoms with Crippen LogP contribution in [-0.2, 0) is 0 Å². The molecule has 0 aliphatic carbocycles. The lowest BCUT2D eigenvalue weighted by atomic mass is 10.1. The fourth-order valence-corrected chi connectivity index (χ4v) is 2.83. The first kappa shape index (κ1) is 13.4. The Bertz CT molecular complexity index is 601. The van der Waals surface area contributed by atoms with Crippen LogP contribution in [0.2, 0.25) is 10.0 Å². The minimum Gasteiger partial charge on any atom is -0.294 e. The van der Waals surface area contributed by atoms with Crippen molar-refractivity contribution in [3.8, 4) is 0 Å². The normalized spacial score (nSPS) is 10.4. The Morgan fingerprint density at radius 1 is 1.22 bits per heavy atom. The van der Waals surface area contributed by atoms with E-state index in [4.69, 9.17) is 23.2 Å². The fraction of sp³-hybridized carbons (Fsp3) is 0.0769. The number of aromatic nitrogens is 1. The zero-order valence-electron chi connectivity index (χ0n) is 9.48. The van der Waals surface area contributed by atoms with Gasteiger partial charge in [-0.3, -0.25) is 4.79 Å². The van der Waals surface area contributed by atoms with Gasteiger partial charge in [0.05, 0.1) is 10.0 Å². The summed E-state index contributed by atoms with van der Waals surface area (Å²) in [4.78, 5) is 16.3. The Hall–Kier alpha value is -1.03. The molecule has 0 spiro atoms. The molecule has 0 fully saturated rings. The number of carbonyl (C=O) groups excluding carboxylic acids is 1. The molecule has 0 atom stereocenters. The fourth-order valence-electron chi connectivity index (χ4n) is 1.40. The number of Topliss-reactive ketones (excluding diaryl/α,β-unsaturated/α-hetero) is 1. The Balaban J connectivity index is 2.29. The zero-order valence-corrected chi connectivity index (χ0v) is 11.8. The molecule has 0 aliphatic rings. The molecular weight excluding hydrogens is 289 g/mol. The molecule has 92 valence electrons. The van der Waals surface area contributed by atoms with E-state index in [9.17, 15) is 4.79 Å². The average Bonchev–Trinajstić information content (AvgIpc) is 2.32. The average molecular weight is 298 g/mol. The number of pyridine rings is 1. The smallest absolute Gasteiger partial charge is 0.161 e. The van der Waals surface area contributed by atoms with Crippen molar-refractivity contribution in [3.63, 3.8) is 0 Å². The lowest BCUT2D eigenvalue weighted by Gasteiger charge is -2.05. The molecule has 1 heterocycles. The largest absolute Gasteiger partial charge is 0.294 e. The van der Waals surface area contributed by atoms with Crippen molar-refractivity contribution in [1.82, 2.24) is 4.98 Å². The number of ketones is 1. The van der Waals surface area contributed by atoms with Crippen molar-refractivity contribution in [3.05, 3.63) is 52.1 Å². The zero-order chi connectivity index (χ0) is 13.1. The maximum absolute atomic E-state index is 11.3. The van der Waals surface area contributed by atoms with Crippen molar-refractivity contribution in [2.24, 2.45) is 0 Å². The monoisotopic (exact) mass is 297 g/mol. The molecule has 0 saturated heterocycles. The number of hydrogen-bond donors (Lipinski definition) is 0. The summed E-state index contributed by atoms with van der Waals surface area (Å²) in [6.07, 6.45) is 1.68. The number of hydrogen-bond acceptors (Lipinski definition) is 3. The van der Waals surface area contributed by atoms with Crippen LogP contribution in [0, 0.1) is 0 Å². The van der Waals surface area contributed by atoms with Crippen LogP contribution in [0.1, 0.15) is 17.3 Å². The number of carbonyl (C=O) groups is 1. The van der Waals surface area contributed by atoms with Crippen LogP contribution in [-0.4, -0.2) is 10.8 Å². The summed E-state index contributed by atoms with van der Waals surface area (Å²) in [7, 11) is 0. The second-order valence-corrected chi connectivity index (χ2v) is 5.47. The van der Waals surface area contributed by atoms with E-state index in [1.165, 1.54) is 18.7 Å². The highest BCUT2D eigenvalue weighted by atomic mass is 35.5. The summed E-state index contributed by atoms with van der Waals surface area (Å²) in [5, 5.41) is 1.75. The molecular formula is C13H9Cl2NOS. The summed E-state index contributed by atoms with van der Waals surface area (Å²) >= 11 is 13.5. The molecule has 0 radical (unpaired) electrons. The molecule has 1 aromatic carbocycles. The molecule has 18 heavy (non-hydrogen) atoms. The van der Waals surface area contributed by atoms with E-state index in [2.05, 4.69) is 4.98 Å². The highest BCUT2D eigenvalue weighted by Crippen LogP contribution is 2.33. The molecule has 2 aromatic rings. The molecule has 0 bridgehead atoms. The number of nitrogens with zero attached hydrogens (tertiary/aromatic N) is 1. The number of benzene rings is 1. The van der Waals surface area contributed by atoms with Gasteiger partial charge in [-0.2, -0.15) is 0 Å². The quantitative estimate of drug-likeness (QED) is 0.766. The Morgan fingerprint density at radius 3 is 2.61 bits per heavy atom. The van der Waals surface area contributed by atoms with Crippen molar-refractivity contribution in [1.29, 1.82) is 0 Å². The highest BCUT2D eigenvalue weighted by molar-refractivity contribution is 7.99. The maximum Gasteiger partial charge on any atom is 0.161 e. The van der Waals surface area contributed by atoms with Gasteiger partial charge in [0.2, 0.25) is 0 Å². The molecule has 0 aliphatic heterocycles. The van der Waals surface area contributed by atoms with Gasteiger partial charge in [0.15, 0.2) is 5.78 Å². The van der Waals surface area contributed by atoms with Crippen molar-refractivity contribution in [2.45, 2.75) is 16.8 Å². The summed E-state index contributed by atoms with van der Waals surface area (Å²) in [6.45, 7) is 1.49.